The van der Waals surface area contributed by atoms with Gasteiger partial charge in [-0.2, -0.15) is 10.5 Å². The van der Waals surface area contributed by atoms with Gasteiger partial charge in [-0.1, -0.05) is 23.9 Å². The molecule has 0 spiro atoms. The SMILES string of the molecule is N#Cc1cccc(Sc2cccc(C#N)n2)n1. The molecule has 2 aromatic heterocycles. The third-order valence-electron chi connectivity index (χ3n) is 1.89. The van der Waals surface area contributed by atoms with Gasteiger partial charge in [-0.15, -0.1) is 0 Å². The van der Waals surface area contributed by atoms with E-state index in [-0.39, 0.29) is 0 Å². The van der Waals surface area contributed by atoms with Gasteiger partial charge in [0.2, 0.25) is 0 Å². The molecule has 2 aromatic rings. The number of nitriles is 2. The monoisotopic (exact) mass is 238 g/mol. The van der Waals surface area contributed by atoms with Crippen molar-refractivity contribution in [3.05, 3.63) is 47.8 Å². The van der Waals surface area contributed by atoms with E-state index >= 15 is 0 Å². The highest BCUT2D eigenvalue weighted by molar-refractivity contribution is 7.99. The summed E-state index contributed by atoms with van der Waals surface area (Å²) in [5.74, 6) is 0. The molecule has 0 atom stereocenters. The fraction of sp³-hybridized carbons (Fsp3) is 0. The van der Waals surface area contributed by atoms with Crippen molar-refractivity contribution in [1.82, 2.24) is 9.97 Å². The smallest absolute Gasteiger partial charge is 0.141 e. The molecule has 0 bridgehead atoms. The van der Waals surface area contributed by atoms with E-state index in [1.807, 2.05) is 12.1 Å². The number of nitrogens with zero attached hydrogens (tertiary/aromatic N) is 4. The summed E-state index contributed by atoms with van der Waals surface area (Å²) in [6.07, 6.45) is 0. The lowest BCUT2D eigenvalue weighted by atomic mass is 10.4. The average molecular weight is 238 g/mol. The summed E-state index contributed by atoms with van der Waals surface area (Å²) in [5.41, 5.74) is 0.734. The zero-order chi connectivity index (χ0) is 12.1. The Morgan fingerprint density at radius 3 is 1.71 bits per heavy atom. The second-order valence-electron chi connectivity index (χ2n) is 3.05. The lowest BCUT2D eigenvalue weighted by Crippen LogP contribution is -1.87. The number of aromatic nitrogens is 2. The molecule has 0 aliphatic rings. The highest BCUT2D eigenvalue weighted by Gasteiger charge is 2.02. The highest BCUT2D eigenvalue weighted by Crippen LogP contribution is 2.24. The molecular weight excluding hydrogens is 232 g/mol. The van der Waals surface area contributed by atoms with Crippen LogP contribution in [-0.2, 0) is 0 Å². The van der Waals surface area contributed by atoms with Gasteiger partial charge in [-0.25, -0.2) is 9.97 Å². The molecule has 2 heterocycles. The van der Waals surface area contributed by atoms with Gasteiger partial charge in [-0.3, -0.25) is 0 Å². The molecule has 80 valence electrons. The summed E-state index contributed by atoms with van der Waals surface area (Å²) >= 11 is 1.32. The van der Waals surface area contributed by atoms with Crippen LogP contribution in [0.4, 0.5) is 0 Å². The normalized spacial score (nSPS) is 9.29. The van der Waals surface area contributed by atoms with E-state index in [2.05, 4.69) is 9.97 Å². The molecule has 17 heavy (non-hydrogen) atoms. The lowest BCUT2D eigenvalue weighted by Gasteiger charge is -2.00. The molecule has 5 heteroatoms. The van der Waals surface area contributed by atoms with Gasteiger partial charge in [0.15, 0.2) is 0 Å². The van der Waals surface area contributed by atoms with E-state index in [1.54, 1.807) is 36.4 Å². The third kappa shape index (κ3) is 2.81. The van der Waals surface area contributed by atoms with E-state index < -0.39 is 0 Å². The Balaban J connectivity index is 2.26. The van der Waals surface area contributed by atoms with Crippen LogP contribution in [0, 0.1) is 22.7 Å². The Bertz CT molecular complexity index is 569. The molecule has 0 aliphatic heterocycles. The number of hydrogen-bond donors (Lipinski definition) is 0. The van der Waals surface area contributed by atoms with Gasteiger partial charge >= 0.3 is 0 Å². The van der Waals surface area contributed by atoms with Gasteiger partial charge < -0.3 is 0 Å². The summed E-state index contributed by atoms with van der Waals surface area (Å²) in [4.78, 5) is 8.24. The molecule has 0 aliphatic carbocycles. The first-order chi connectivity index (χ1) is 8.31. The maximum atomic E-state index is 8.73. The zero-order valence-electron chi connectivity index (χ0n) is 8.66. The van der Waals surface area contributed by atoms with Crippen LogP contribution in [0.15, 0.2) is 46.5 Å². The predicted octanol–water partition coefficient (Wildman–Crippen LogP) is 2.37. The summed E-state index contributed by atoms with van der Waals surface area (Å²) in [6.45, 7) is 0. The maximum absolute atomic E-state index is 8.73. The van der Waals surface area contributed by atoms with Crippen molar-refractivity contribution in [2.75, 3.05) is 0 Å². The van der Waals surface area contributed by atoms with Crippen molar-refractivity contribution in [2.45, 2.75) is 10.1 Å². The first-order valence-corrected chi connectivity index (χ1v) is 5.55. The van der Waals surface area contributed by atoms with E-state index in [1.165, 1.54) is 11.8 Å². The van der Waals surface area contributed by atoms with Gasteiger partial charge in [0.25, 0.3) is 0 Å². The number of rotatable bonds is 2. The first kappa shape index (κ1) is 11.1. The maximum Gasteiger partial charge on any atom is 0.141 e. The van der Waals surface area contributed by atoms with Crippen LogP contribution in [0.25, 0.3) is 0 Å². The molecule has 4 nitrogen and oxygen atoms in total. The summed E-state index contributed by atoms with van der Waals surface area (Å²) in [5, 5.41) is 18.8. The van der Waals surface area contributed by atoms with Crippen molar-refractivity contribution < 1.29 is 0 Å². The van der Waals surface area contributed by atoms with Crippen molar-refractivity contribution in [2.24, 2.45) is 0 Å². The molecule has 0 amide bonds. The standard InChI is InChI=1S/C12H6N4S/c13-7-9-3-1-5-11(15-9)17-12-6-2-4-10(8-14)16-12/h1-6H. The third-order valence-corrected chi connectivity index (χ3v) is 2.76. The fourth-order valence-electron chi connectivity index (χ4n) is 1.18. The van der Waals surface area contributed by atoms with Gasteiger partial charge in [-0.05, 0) is 24.3 Å². The molecule has 2 rings (SSSR count). The van der Waals surface area contributed by atoms with E-state index in [0.29, 0.717) is 21.4 Å². The quantitative estimate of drug-likeness (QED) is 0.803. The number of hydrogen-bond acceptors (Lipinski definition) is 5. The minimum Gasteiger partial charge on any atom is -0.230 e. The topological polar surface area (TPSA) is 73.4 Å². The Morgan fingerprint density at radius 1 is 0.824 bits per heavy atom. The number of pyridine rings is 2. The van der Waals surface area contributed by atoms with Gasteiger partial charge in [0.1, 0.15) is 33.6 Å². The van der Waals surface area contributed by atoms with Crippen LogP contribution < -0.4 is 0 Å². The Morgan fingerprint density at radius 2 is 1.29 bits per heavy atom. The molecule has 0 fully saturated rings. The molecular formula is C12H6N4S. The second-order valence-corrected chi connectivity index (χ2v) is 4.09. The predicted molar refractivity (Wildman–Crippen MR) is 62.0 cm³/mol. The minimum absolute atomic E-state index is 0.367. The first-order valence-electron chi connectivity index (χ1n) is 4.74. The van der Waals surface area contributed by atoms with Crippen LogP contribution in [-0.4, -0.2) is 9.97 Å². The van der Waals surface area contributed by atoms with Crippen molar-refractivity contribution in [1.29, 1.82) is 10.5 Å². The Hall–Kier alpha value is -2.37. The molecule has 0 saturated carbocycles. The van der Waals surface area contributed by atoms with Gasteiger partial charge in [0.05, 0.1) is 0 Å². The Labute approximate surface area is 103 Å². The largest absolute Gasteiger partial charge is 0.230 e. The average Bonchev–Trinajstić information content (AvgIpc) is 2.39. The Kier molecular flexibility index (Phi) is 3.34. The molecule has 0 unspecified atom stereocenters. The van der Waals surface area contributed by atoms with E-state index in [4.69, 9.17) is 10.5 Å². The summed E-state index contributed by atoms with van der Waals surface area (Å²) < 4.78 is 0. The van der Waals surface area contributed by atoms with Gasteiger partial charge in [0, 0.05) is 0 Å². The van der Waals surface area contributed by atoms with Crippen LogP contribution in [0.3, 0.4) is 0 Å². The molecule has 0 aromatic carbocycles. The zero-order valence-corrected chi connectivity index (χ0v) is 9.48. The van der Waals surface area contributed by atoms with E-state index in [9.17, 15) is 0 Å². The van der Waals surface area contributed by atoms with Crippen molar-refractivity contribution >= 4 is 11.8 Å². The highest BCUT2D eigenvalue weighted by atomic mass is 32.2. The molecule has 0 N–H and O–H groups in total. The summed E-state index contributed by atoms with van der Waals surface area (Å²) in [7, 11) is 0. The summed E-state index contributed by atoms with van der Waals surface area (Å²) in [6, 6.07) is 14.4. The van der Waals surface area contributed by atoms with Crippen molar-refractivity contribution in [3.8, 4) is 12.1 Å². The molecule has 0 radical (unpaired) electrons. The van der Waals surface area contributed by atoms with Crippen LogP contribution in [0.1, 0.15) is 11.4 Å². The van der Waals surface area contributed by atoms with Crippen molar-refractivity contribution in [3.63, 3.8) is 0 Å². The van der Waals surface area contributed by atoms with Crippen LogP contribution in [0.2, 0.25) is 0 Å². The minimum atomic E-state index is 0.367. The second kappa shape index (κ2) is 5.11. The molecule has 0 saturated heterocycles. The van der Waals surface area contributed by atoms with Crippen LogP contribution >= 0.6 is 11.8 Å². The van der Waals surface area contributed by atoms with E-state index in [0.717, 1.165) is 0 Å². The fourth-order valence-corrected chi connectivity index (χ4v) is 1.97. The lowest BCUT2D eigenvalue weighted by molar-refractivity contribution is 1.07. The van der Waals surface area contributed by atoms with Crippen LogP contribution in [0.5, 0.6) is 0 Å².